The Kier molecular flexibility index (Phi) is 5.44. The highest BCUT2D eigenvalue weighted by Crippen LogP contribution is 2.21. The van der Waals surface area contributed by atoms with Crippen molar-refractivity contribution >= 4 is 22.9 Å². The van der Waals surface area contributed by atoms with Crippen LogP contribution in [0.15, 0.2) is 60.1 Å². The number of thiazole rings is 1. The Morgan fingerprint density at radius 1 is 0.963 bits per heavy atom. The monoisotopic (exact) mass is 378 g/mol. The molecule has 138 valence electrons. The van der Waals surface area contributed by atoms with Crippen molar-refractivity contribution in [3.8, 4) is 11.4 Å². The van der Waals surface area contributed by atoms with Gasteiger partial charge in [0.15, 0.2) is 0 Å². The second kappa shape index (κ2) is 8.31. The maximum atomic E-state index is 12.6. The lowest BCUT2D eigenvalue weighted by molar-refractivity contribution is -0.131. The van der Waals surface area contributed by atoms with E-state index in [1.165, 1.54) is 5.69 Å². The van der Waals surface area contributed by atoms with Crippen LogP contribution in [0.3, 0.4) is 0 Å². The zero-order valence-corrected chi connectivity index (χ0v) is 15.9. The molecule has 0 bridgehead atoms. The molecule has 3 heterocycles. The van der Waals surface area contributed by atoms with E-state index >= 15 is 0 Å². The van der Waals surface area contributed by atoms with E-state index in [0.717, 1.165) is 42.6 Å². The minimum atomic E-state index is 0.220. The average Bonchev–Trinajstić information content (AvgIpc) is 3.22. The van der Waals surface area contributed by atoms with Crippen LogP contribution in [0, 0.1) is 0 Å². The Labute approximate surface area is 163 Å². The summed E-state index contributed by atoms with van der Waals surface area (Å²) < 4.78 is 0. The normalized spacial score (nSPS) is 14.4. The topological polar surface area (TPSA) is 49.3 Å². The summed E-state index contributed by atoms with van der Waals surface area (Å²) in [5.41, 5.74) is 3.00. The molecule has 27 heavy (non-hydrogen) atoms. The molecule has 4 rings (SSSR count). The summed E-state index contributed by atoms with van der Waals surface area (Å²) in [5.74, 6) is 0.220. The van der Waals surface area contributed by atoms with Crippen LogP contribution in [0.4, 0.5) is 5.69 Å². The Balaban J connectivity index is 1.27. The summed E-state index contributed by atoms with van der Waals surface area (Å²) in [6, 6.07) is 16.2. The summed E-state index contributed by atoms with van der Waals surface area (Å²) in [6.45, 7) is 3.34. The Bertz CT molecular complexity index is 873. The van der Waals surface area contributed by atoms with Gasteiger partial charge in [0, 0.05) is 56.3 Å². The zero-order chi connectivity index (χ0) is 18.5. The van der Waals surface area contributed by atoms with Crippen LogP contribution >= 0.6 is 11.3 Å². The number of aromatic nitrogens is 2. The molecular weight excluding hydrogens is 356 g/mol. The first-order chi connectivity index (χ1) is 13.3. The van der Waals surface area contributed by atoms with Gasteiger partial charge in [0.1, 0.15) is 0 Å². The summed E-state index contributed by atoms with van der Waals surface area (Å²) >= 11 is 1.60. The molecule has 6 heteroatoms. The number of carbonyl (C=O) groups is 1. The maximum absolute atomic E-state index is 12.6. The van der Waals surface area contributed by atoms with Gasteiger partial charge in [-0.15, -0.1) is 11.3 Å². The van der Waals surface area contributed by atoms with Gasteiger partial charge in [0.2, 0.25) is 5.91 Å². The number of pyridine rings is 1. The van der Waals surface area contributed by atoms with Crippen LogP contribution in [0.25, 0.3) is 11.4 Å². The first kappa shape index (κ1) is 17.7. The number of hydrogen-bond donors (Lipinski definition) is 0. The van der Waals surface area contributed by atoms with E-state index in [4.69, 9.17) is 0 Å². The van der Waals surface area contributed by atoms with Gasteiger partial charge in [-0.1, -0.05) is 24.3 Å². The predicted octanol–water partition coefficient (Wildman–Crippen LogP) is 3.49. The van der Waals surface area contributed by atoms with Crippen molar-refractivity contribution in [2.24, 2.45) is 0 Å². The van der Waals surface area contributed by atoms with Crippen LogP contribution in [-0.2, 0) is 11.2 Å². The van der Waals surface area contributed by atoms with E-state index in [-0.39, 0.29) is 5.91 Å². The minimum absolute atomic E-state index is 0.220. The smallest absolute Gasteiger partial charge is 0.223 e. The highest BCUT2D eigenvalue weighted by atomic mass is 32.1. The number of benzene rings is 1. The molecular formula is C21H22N4OS. The number of piperazine rings is 1. The van der Waals surface area contributed by atoms with Crippen LogP contribution in [0.1, 0.15) is 11.4 Å². The van der Waals surface area contributed by atoms with Crippen molar-refractivity contribution in [3.05, 3.63) is 65.1 Å². The molecule has 0 spiro atoms. The fraction of sp³-hybridized carbons (Fsp3) is 0.286. The fourth-order valence-corrected chi connectivity index (χ4v) is 4.07. The number of carbonyl (C=O) groups excluding carboxylic acids is 1. The van der Waals surface area contributed by atoms with Crippen LogP contribution < -0.4 is 4.90 Å². The quantitative estimate of drug-likeness (QED) is 0.682. The number of para-hydroxylation sites is 1. The number of hydrogen-bond acceptors (Lipinski definition) is 5. The van der Waals surface area contributed by atoms with Gasteiger partial charge in [-0.2, -0.15) is 0 Å². The molecule has 1 aliphatic heterocycles. The van der Waals surface area contributed by atoms with Crippen molar-refractivity contribution in [1.82, 2.24) is 14.9 Å². The molecule has 0 atom stereocenters. The lowest BCUT2D eigenvalue weighted by Gasteiger charge is -2.36. The molecule has 1 fully saturated rings. The van der Waals surface area contributed by atoms with Crippen LogP contribution in [-0.4, -0.2) is 47.0 Å². The predicted molar refractivity (Wildman–Crippen MR) is 109 cm³/mol. The molecule has 0 aliphatic carbocycles. The van der Waals surface area contributed by atoms with Gasteiger partial charge in [-0.3, -0.25) is 9.78 Å². The third kappa shape index (κ3) is 4.34. The van der Waals surface area contributed by atoms with E-state index in [9.17, 15) is 4.79 Å². The van der Waals surface area contributed by atoms with E-state index in [2.05, 4.69) is 39.1 Å². The second-order valence-electron chi connectivity index (χ2n) is 6.54. The first-order valence-corrected chi connectivity index (χ1v) is 10.1. The number of nitrogens with zero attached hydrogens (tertiary/aromatic N) is 4. The van der Waals surface area contributed by atoms with E-state index in [1.54, 1.807) is 17.5 Å². The third-order valence-electron chi connectivity index (χ3n) is 4.79. The molecule has 0 saturated carbocycles. The molecule has 5 nitrogen and oxygen atoms in total. The Morgan fingerprint density at radius 3 is 2.48 bits per heavy atom. The zero-order valence-electron chi connectivity index (χ0n) is 15.1. The molecule has 1 aromatic carbocycles. The molecule has 1 aliphatic rings. The maximum Gasteiger partial charge on any atom is 0.223 e. The van der Waals surface area contributed by atoms with Crippen LogP contribution in [0.2, 0.25) is 0 Å². The minimum Gasteiger partial charge on any atom is -0.368 e. The van der Waals surface area contributed by atoms with Gasteiger partial charge in [0.25, 0.3) is 0 Å². The van der Waals surface area contributed by atoms with Gasteiger partial charge in [0.05, 0.1) is 16.4 Å². The highest BCUT2D eigenvalue weighted by molar-refractivity contribution is 7.09. The van der Waals surface area contributed by atoms with Crippen molar-refractivity contribution < 1.29 is 4.79 Å². The molecule has 2 aromatic heterocycles. The summed E-state index contributed by atoms with van der Waals surface area (Å²) in [7, 11) is 0. The number of aryl methyl sites for hydroxylation is 1. The molecule has 0 radical (unpaired) electrons. The SMILES string of the molecule is O=C(CCc1nc(-c2ccccn2)cs1)N1CCN(c2ccccc2)CC1. The molecule has 0 N–H and O–H groups in total. The Morgan fingerprint density at radius 2 is 1.74 bits per heavy atom. The van der Waals surface area contributed by atoms with Crippen molar-refractivity contribution in [1.29, 1.82) is 0 Å². The summed E-state index contributed by atoms with van der Waals surface area (Å²) in [5, 5.41) is 3.01. The first-order valence-electron chi connectivity index (χ1n) is 9.23. The fourth-order valence-electron chi connectivity index (χ4n) is 3.28. The molecule has 1 saturated heterocycles. The second-order valence-corrected chi connectivity index (χ2v) is 7.49. The van der Waals surface area contributed by atoms with Gasteiger partial charge in [-0.05, 0) is 24.3 Å². The molecule has 1 amide bonds. The largest absolute Gasteiger partial charge is 0.368 e. The lowest BCUT2D eigenvalue weighted by atomic mass is 10.2. The number of anilines is 1. The third-order valence-corrected chi connectivity index (χ3v) is 5.69. The van der Waals surface area contributed by atoms with Gasteiger partial charge >= 0.3 is 0 Å². The van der Waals surface area contributed by atoms with Crippen molar-refractivity contribution in [2.75, 3.05) is 31.1 Å². The molecule has 0 unspecified atom stereocenters. The number of rotatable bonds is 5. The van der Waals surface area contributed by atoms with E-state index < -0.39 is 0 Å². The van der Waals surface area contributed by atoms with E-state index in [0.29, 0.717) is 12.8 Å². The van der Waals surface area contributed by atoms with Gasteiger partial charge < -0.3 is 9.80 Å². The highest BCUT2D eigenvalue weighted by Gasteiger charge is 2.21. The summed E-state index contributed by atoms with van der Waals surface area (Å²) in [4.78, 5) is 25.8. The van der Waals surface area contributed by atoms with Crippen LogP contribution in [0.5, 0.6) is 0 Å². The summed E-state index contributed by atoms with van der Waals surface area (Å²) in [6.07, 6.45) is 2.97. The number of amides is 1. The van der Waals surface area contributed by atoms with E-state index in [1.807, 2.05) is 34.5 Å². The molecule has 3 aromatic rings. The lowest BCUT2D eigenvalue weighted by Crippen LogP contribution is -2.48. The van der Waals surface area contributed by atoms with Crippen molar-refractivity contribution in [2.45, 2.75) is 12.8 Å². The van der Waals surface area contributed by atoms with Crippen molar-refractivity contribution in [3.63, 3.8) is 0 Å². The van der Waals surface area contributed by atoms with Gasteiger partial charge in [-0.25, -0.2) is 4.98 Å². The Hall–Kier alpha value is -2.73. The standard InChI is InChI=1S/C21H22N4OS/c26-21(25-14-12-24(13-15-25)17-6-2-1-3-7-17)10-9-20-23-19(16-27-20)18-8-4-5-11-22-18/h1-8,11,16H,9-10,12-15H2. The average molecular weight is 379 g/mol.